The number of nitrogens with zero attached hydrogens (tertiary/aromatic N) is 2. The van der Waals surface area contributed by atoms with Gasteiger partial charge in [-0.15, -0.1) is 0 Å². The van der Waals surface area contributed by atoms with Gasteiger partial charge in [-0.3, -0.25) is 4.68 Å². The Balaban J connectivity index is 2.22. The second-order valence-electron chi connectivity index (χ2n) is 5.07. The van der Waals surface area contributed by atoms with Gasteiger partial charge in [-0.25, -0.2) is 0 Å². The summed E-state index contributed by atoms with van der Waals surface area (Å²) >= 11 is 0. The van der Waals surface area contributed by atoms with Crippen LogP contribution in [0.2, 0.25) is 0 Å². The first-order chi connectivity index (χ1) is 9.20. The van der Waals surface area contributed by atoms with Gasteiger partial charge >= 0.3 is 0 Å². The van der Waals surface area contributed by atoms with E-state index in [1.807, 2.05) is 19.2 Å². The number of benzene rings is 1. The van der Waals surface area contributed by atoms with Crippen LogP contribution in [0.4, 0.5) is 5.82 Å². The Labute approximate surface area is 113 Å². The Morgan fingerprint density at radius 1 is 1.26 bits per heavy atom. The van der Waals surface area contributed by atoms with Crippen molar-refractivity contribution in [1.82, 2.24) is 9.78 Å². The van der Waals surface area contributed by atoms with Crippen molar-refractivity contribution in [3.05, 3.63) is 29.3 Å². The second kappa shape index (κ2) is 4.61. The van der Waals surface area contributed by atoms with E-state index in [1.165, 1.54) is 24.0 Å². The molecule has 0 unspecified atom stereocenters. The summed E-state index contributed by atoms with van der Waals surface area (Å²) in [7, 11) is 3.57. The molecule has 0 amide bonds. The highest BCUT2D eigenvalue weighted by molar-refractivity contribution is 5.74. The number of anilines is 1. The minimum absolute atomic E-state index is 0.672. The van der Waals surface area contributed by atoms with E-state index in [1.54, 1.807) is 11.8 Å². The molecule has 4 heteroatoms. The third kappa shape index (κ3) is 1.97. The number of methoxy groups -OCH3 is 1. The lowest BCUT2D eigenvalue weighted by atomic mass is 9.87. The number of nitrogen functional groups attached to an aromatic ring is 1. The van der Waals surface area contributed by atoms with Crippen molar-refractivity contribution in [1.29, 1.82) is 0 Å². The molecule has 0 spiro atoms. The van der Waals surface area contributed by atoms with Crippen molar-refractivity contribution in [2.45, 2.75) is 25.7 Å². The molecule has 0 fully saturated rings. The predicted octanol–water partition coefficient (Wildman–Crippen LogP) is 2.56. The summed E-state index contributed by atoms with van der Waals surface area (Å²) < 4.78 is 7.23. The zero-order valence-electron chi connectivity index (χ0n) is 11.4. The lowest BCUT2D eigenvalue weighted by molar-refractivity contribution is 0.415. The zero-order valence-corrected chi connectivity index (χ0v) is 11.4. The van der Waals surface area contributed by atoms with Crippen LogP contribution in [0.5, 0.6) is 5.75 Å². The van der Waals surface area contributed by atoms with Crippen LogP contribution in [0.3, 0.4) is 0 Å². The Hall–Kier alpha value is -1.97. The van der Waals surface area contributed by atoms with E-state index in [4.69, 9.17) is 10.5 Å². The molecule has 1 aliphatic carbocycles. The molecule has 0 bridgehead atoms. The van der Waals surface area contributed by atoms with Crippen molar-refractivity contribution < 1.29 is 4.74 Å². The summed E-state index contributed by atoms with van der Waals surface area (Å²) in [6.45, 7) is 0. The maximum atomic E-state index is 5.91. The van der Waals surface area contributed by atoms with E-state index in [0.717, 1.165) is 29.8 Å². The number of aromatic nitrogens is 2. The third-order valence-corrected chi connectivity index (χ3v) is 3.89. The Bertz CT molecular complexity index is 597. The highest BCUT2D eigenvalue weighted by Crippen LogP contribution is 2.38. The molecule has 0 atom stereocenters. The summed E-state index contributed by atoms with van der Waals surface area (Å²) in [6.07, 6.45) is 4.74. The first-order valence-corrected chi connectivity index (χ1v) is 6.69. The van der Waals surface area contributed by atoms with Crippen LogP contribution < -0.4 is 10.5 Å². The predicted molar refractivity (Wildman–Crippen MR) is 76.3 cm³/mol. The van der Waals surface area contributed by atoms with Gasteiger partial charge in [-0.2, -0.15) is 5.10 Å². The van der Waals surface area contributed by atoms with Crippen LogP contribution in [0.25, 0.3) is 11.3 Å². The van der Waals surface area contributed by atoms with Crippen LogP contribution in [-0.2, 0) is 19.9 Å². The molecule has 0 saturated heterocycles. The van der Waals surface area contributed by atoms with Gasteiger partial charge < -0.3 is 10.5 Å². The largest absolute Gasteiger partial charge is 0.496 e. The van der Waals surface area contributed by atoms with E-state index < -0.39 is 0 Å². The van der Waals surface area contributed by atoms with Crippen molar-refractivity contribution in [3.8, 4) is 17.0 Å². The highest BCUT2D eigenvalue weighted by atomic mass is 16.5. The molecule has 100 valence electrons. The molecule has 19 heavy (non-hydrogen) atoms. The Morgan fingerprint density at radius 3 is 2.74 bits per heavy atom. The second-order valence-corrected chi connectivity index (χ2v) is 5.07. The van der Waals surface area contributed by atoms with Gasteiger partial charge in [-0.1, -0.05) is 6.07 Å². The molecule has 1 heterocycles. The molecule has 1 aromatic heterocycles. The molecule has 3 rings (SSSR count). The van der Waals surface area contributed by atoms with Gasteiger partial charge in [0, 0.05) is 18.7 Å². The van der Waals surface area contributed by atoms with E-state index >= 15 is 0 Å². The van der Waals surface area contributed by atoms with Gasteiger partial charge in [0.25, 0.3) is 0 Å². The minimum atomic E-state index is 0.672. The molecule has 0 aliphatic heterocycles. The molecule has 4 nitrogen and oxygen atoms in total. The lowest BCUT2D eigenvalue weighted by Crippen LogP contribution is -2.06. The summed E-state index contributed by atoms with van der Waals surface area (Å²) in [6, 6.07) is 6.15. The molecule has 0 radical (unpaired) electrons. The number of hydrogen-bond acceptors (Lipinski definition) is 3. The zero-order chi connectivity index (χ0) is 13.4. The standard InChI is InChI=1S/C15H19N3O/c1-18-14(16)9-12(17-18)15-11-6-4-3-5-10(11)7-8-13(15)19-2/h7-9H,3-6,16H2,1-2H3. The fraction of sp³-hybridized carbons (Fsp3) is 0.400. The van der Waals surface area contributed by atoms with Crippen molar-refractivity contribution in [3.63, 3.8) is 0 Å². The molecular formula is C15H19N3O. The smallest absolute Gasteiger partial charge is 0.128 e. The highest BCUT2D eigenvalue weighted by Gasteiger charge is 2.20. The van der Waals surface area contributed by atoms with Gasteiger partial charge in [-0.05, 0) is 42.9 Å². The number of aryl methyl sites for hydroxylation is 2. The Morgan fingerprint density at radius 2 is 2.05 bits per heavy atom. The molecule has 1 aliphatic rings. The summed E-state index contributed by atoms with van der Waals surface area (Å²) in [5.41, 5.74) is 10.7. The van der Waals surface area contributed by atoms with Crippen LogP contribution in [0, 0.1) is 0 Å². The number of fused-ring (bicyclic) bond motifs is 1. The molecule has 2 aromatic rings. The average molecular weight is 257 g/mol. The molecule has 0 saturated carbocycles. The Kier molecular flexibility index (Phi) is 2.93. The van der Waals surface area contributed by atoms with Crippen LogP contribution in [0.1, 0.15) is 24.0 Å². The summed E-state index contributed by atoms with van der Waals surface area (Å²) in [4.78, 5) is 0. The number of hydrogen-bond donors (Lipinski definition) is 1. The topological polar surface area (TPSA) is 53.1 Å². The maximum Gasteiger partial charge on any atom is 0.128 e. The number of ether oxygens (including phenoxy) is 1. The van der Waals surface area contributed by atoms with Crippen molar-refractivity contribution in [2.24, 2.45) is 7.05 Å². The van der Waals surface area contributed by atoms with Gasteiger partial charge in [0.2, 0.25) is 0 Å². The van der Waals surface area contributed by atoms with Crippen molar-refractivity contribution in [2.75, 3.05) is 12.8 Å². The molecule has 2 N–H and O–H groups in total. The van der Waals surface area contributed by atoms with Gasteiger partial charge in [0.15, 0.2) is 0 Å². The normalized spacial score (nSPS) is 14.2. The summed E-state index contributed by atoms with van der Waals surface area (Å²) in [5.74, 6) is 1.56. The van der Waals surface area contributed by atoms with Crippen molar-refractivity contribution >= 4 is 5.82 Å². The molecule has 1 aromatic carbocycles. The van der Waals surface area contributed by atoms with Crippen LogP contribution in [-0.4, -0.2) is 16.9 Å². The number of nitrogens with two attached hydrogens (primary N) is 1. The van der Waals surface area contributed by atoms with Gasteiger partial charge in [0.05, 0.1) is 12.8 Å². The fourth-order valence-electron chi connectivity index (χ4n) is 2.86. The van der Waals surface area contributed by atoms with E-state index in [0.29, 0.717) is 5.82 Å². The van der Waals surface area contributed by atoms with Crippen LogP contribution in [0.15, 0.2) is 18.2 Å². The SMILES string of the molecule is COc1ccc2c(c1-c1cc(N)n(C)n1)CCCC2. The summed E-state index contributed by atoms with van der Waals surface area (Å²) in [5, 5.41) is 4.51. The van der Waals surface area contributed by atoms with E-state index in [9.17, 15) is 0 Å². The first-order valence-electron chi connectivity index (χ1n) is 6.69. The van der Waals surface area contributed by atoms with Gasteiger partial charge in [0.1, 0.15) is 11.6 Å². The molecular weight excluding hydrogens is 238 g/mol. The lowest BCUT2D eigenvalue weighted by Gasteiger charge is -2.20. The van der Waals surface area contributed by atoms with E-state index in [-0.39, 0.29) is 0 Å². The van der Waals surface area contributed by atoms with E-state index in [2.05, 4.69) is 11.2 Å². The maximum absolute atomic E-state index is 5.91. The third-order valence-electron chi connectivity index (χ3n) is 3.89. The monoisotopic (exact) mass is 257 g/mol. The minimum Gasteiger partial charge on any atom is -0.496 e. The number of rotatable bonds is 2. The fourth-order valence-corrected chi connectivity index (χ4v) is 2.86. The van der Waals surface area contributed by atoms with Crippen LogP contribution >= 0.6 is 0 Å². The quantitative estimate of drug-likeness (QED) is 0.899. The first kappa shape index (κ1) is 12.1. The average Bonchev–Trinajstić information content (AvgIpc) is 2.77.